The first-order valence-corrected chi connectivity index (χ1v) is 10.5. The SMILES string of the molecule is OCCCN(Cc1nc(-c2cccs2)no1)C(c1ccccc1)c1ccccc1. The zero-order valence-electron chi connectivity index (χ0n) is 16.0. The van der Waals surface area contributed by atoms with Crippen LogP contribution in [0.3, 0.4) is 0 Å². The van der Waals surface area contributed by atoms with E-state index >= 15 is 0 Å². The third-order valence-electron chi connectivity index (χ3n) is 4.75. The molecule has 0 bridgehead atoms. The first-order valence-electron chi connectivity index (χ1n) is 9.66. The highest BCUT2D eigenvalue weighted by Gasteiger charge is 2.24. The minimum absolute atomic E-state index is 0.0287. The van der Waals surface area contributed by atoms with Crippen molar-refractivity contribution in [2.24, 2.45) is 0 Å². The average molecular weight is 406 g/mol. The maximum atomic E-state index is 9.46. The largest absolute Gasteiger partial charge is 0.396 e. The van der Waals surface area contributed by atoms with Gasteiger partial charge in [0.25, 0.3) is 0 Å². The average Bonchev–Trinajstić information content (AvgIpc) is 3.46. The Balaban J connectivity index is 1.66. The zero-order valence-corrected chi connectivity index (χ0v) is 16.8. The summed E-state index contributed by atoms with van der Waals surface area (Å²) in [5.74, 6) is 1.19. The Morgan fingerprint density at radius 2 is 1.62 bits per heavy atom. The molecule has 0 atom stereocenters. The molecule has 2 aromatic carbocycles. The molecule has 4 rings (SSSR count). The van der Waals surface area contributed by atoms with E-state index in [1.54, 1.807) is 11.3 Å². The standard InChI is InChI=1S/C23H23N3O2S/c27-15-8-14-26(17-21-24-23(25-28-21)20-13-7-16-29-20)22(18-9-3-1-4-10-18)19-11-5-2-6-12-19/h1-7,9-13,16,22,27H,8,14-15,17H2. The van der Waals surface area contributed by atoms with Gasteiger partial charge in [-0.25, -0.2) is 0 Å². The monoisotopic (exact) mass is 405 g/mol. The van der Waals surface area contributed by atoms with Crippen molar-refractivity contribution in [1.29, 1.82) is 0 Å². The van der Waals surface area contributed by atoms with Gasteiger partial charge < -0.3 is 9.63 Å². The van der Waals surface area contributed by atoms with Crippen LogP contribution in [0.1, 0.15) is 29.5 Å². The van der Waals surface area contributed by atoms with E-state index in [0.29, 0.717) is 31.2 Å². The molecule has 2 aromatic heterocycles. The van der Waals surface area contributed by atoms with E-state index in [0.717, 1.165) is 4.88 Å². The van der Waals surface area contributed by atoms with Crippen LogP contribution in [0.15, 0.2) is 82.7 Å². The summed E-state index contributed by atoms with van der Waals surface area (Å²) in [6, 6.07) is 24.8. The third-order valence-corrected chi connectivity index (χ3v) is 5.61. The van der Waals surface area contributed by atoms with Crippen LogP contribution >= 0.6 is 11.3 Å². The molecule has 0 amide bonds. The summed E-state index contributed by atoms with van der Waals surface area (Å²) in [6.07, 6.45) is 0.669. The molecule has 0 saturated heterocycles. The van der Waals surface area contributed by atoms with Gasteiger partial charge in [-0.05, 0) is 29.0 Å². The Morgan fingerprint density at radius 3 is 2.21 bits per heavy atom. The quantitative estimate of drug-likeness (QED) is 0.434. The number of thiophene rings is 1. The fourth-order valence-corrected chi connectivity index (χ4v) is 4.11. The molecular formula is C23H23N3O2S. The van der Waals surface area contributed by atoms with Gasteiger partial charge in [-0.15, -0.1) is 11.3 Å². The van der Waals surface area contributed by atoms with Gasteiger partial charge in [0.1, 0.15) is 0 Å². The first kappa shape index (κ1) is 19.5. The summed E-state index contributed by atoms with van der Waals surface area (Å²) >= 11 is 1.59. The molecule has 4 aromatic rings. The number of nitrogens with zero attached hydrogens (tertiary/aromatic N) is 3. The second-order valence-corrected chi connectivity index (χ2v) is 7.71. The van der Waals surface area contributed by atoms with Gasteiger partial charge >= 0.3 is 0 Å². The lowest BCUT2D eigenvalue weighted by atomic mass is 9.96. The van der Waals surface area contributed by atoms with E-state index in [9.17, 15) is 5.11 Å². The van der Waals surface area contributed by atoms with Crippen molar-refractivity contribution >= 4 is 11.3 Å². The molecule has 148 valence electrons. The molecule has 0 spiro atoms. The fraction of sp³-hybridized carbons (Fsp3) is 0.217. The molecular weight excluding hydrogens is 382 g/mol. The zero-order chi connectivity index (χ0) is 19.9. The Bertz CT molecular complexity index is 948. The molecule has 6 heteroatoms. The lowest BCUT2D eigenvalue weighted by molar-refractivity contribution is 0.167. The van der Waals surface area contributed by atoms with Gasteiger partial charge in [-0.3, -0.25) is 4.90 Å². The molecule has 5 nitrogen and oxygen atoms in total. The van der Waals surface area contributed by atoms with E-state index in [2.05, 4.69) is 63.6 Å². The molecule has 0 unspecified atom stereocenters. The smallest absolute Gasteiger partial charge is 0.241 e. The Kier molecular flexibility index (Phi) is 6.46. The van der Waals surface area contributed by atoms with E-state index in [1.807, 2.05) is 29.6 Å². The fourth-order valence-electron chi connectivity index (χ4n) is 3.46. The van der Waals surface area contributed by atoms with Crippen LogP contribution < -0.4 is 0 Å². The van der Waals surface area contributed by atoms with Crippen molar-refractivity contribution in [3.63, 3.8) is 0 Å². The van der Waals surface area contributed by atoms with Gasteiger partial charge in [-0.2, -0.15) is 4.98 Å². The third kappa shape index (κ3) is 4.79. The van der Waals surface area contributed by atoms with Crippen LogP contribution in [-0.4, -0.2) is 33.3 Å². The van der Waals surface area contributed by atoms with Gasteiger partial charge in [-0.1, -0.05) is 71.9 Å². The number of rotatable bonds is 9. The van der Waals surface area contributed by atoms with Crippen molar-refractivity contribution < 1.29 is 9.63 Å². The van der Waals surface area contributed by atoms with Crippen molar-refractivity contribution in [2.45, 2.75) is 19.0 Å². The summed E-state index contributed by atoms with van der Waals surface area (Å²) in [6.45, 7) is 1.35. The molecule has 0 saturated carbocycles. The molecule has 0 aliphatic rings. The van der Waals surface area contributed by atoms with Crippen LogP contribution in [0.4, 0.5) is 0 Å². The molecule has 1 N–H and O–H groups in total. The van der Waals surface area contributed by atoms with Crippen LogP contribution in [-0.2, 0) is 6.54 Å². The molecule has 2 heterocycles. The van der Waals surface area contributed by atoms with Crippen LogP contribution in [0, 0.1) is 0 Å². The van der Waals surface area contributed by atoms with E-state index in [1.165, 1.54) is 11.1 Å². The molecule has 0 aliphatic heterocycles. The van der Waals surface area contributed by atoms with Gasteiger partial charge in [0.05, 0.1) is 17.5 Å². The number of aliphatic hydroxyl groups excluding tert-OH is 1. The van der Waals surface area contributed by atoms with Crippen LogP contribution in [0.25, 0.3) is 10.7 Å². The second-order valence-electron chi connectivity index (χ2n) is 6.76. The maximum absolute atomic E-state index is 9.46. The molecule has 0 fully saturated rings. The number of hydrogen-bond acceptors (Lipinski definition) is 6. The number of aliphatic hydroxyl groups is 1. The number of benzene rings is 2. The van der Waals surface area contributed by atoms with Crippen LogP contribution in [0.5, 0.6) is 0 Å². The van der Waals surface area contributed by atoms with Crippen molar-refractivity contribution in [3.8, 4) is 10.7 Å². The Hall–Kier alpha value is -2.80. The van der Waals surface area contributed by atoms with E-state index in [4.69, 9.17) is 4.52 Å². The number of aromatic nitrogens is 2. The topological polar surface area (TPSA) is 62.4 Å². The highest BCUT2D eigenvalue weighted by atomic mass is 32.1. The van der Waals surface area contributed by atoms with Gasteiger partial charge in [0, 0.05) is 13.2 Å². The predicted molar refractivity (Wildman–Crippen MR) is 114 cm³/mol. The highest BCUT2D eigenvalue weighted by Crippen LogP contribution is 2.30. The lowest BCUT2D eigenvalue weighted by Gasteiger charge is -2.31. The van der Waals surface area contributed by atoms with Crippen molar-refractivity contribution in [2.75, 3.05) is 13.2 Å². The van der Waals surface area contributed by atoms with E-state index in [-0.39, 0.29) is 12.6 Å². The summed E-state index contributed by atoms with van der Waals surface area (Å²) in [4.78, 5) is 7.87. The second kappa shape index (κ2) is 9.60. The summed E-state index contributed by atoms with van der Waals surface area (Å²) in [5, 5.41) is 15.6. The van der Waals surface area contributed by atoms with Gasteiger partial charge in [0.15, 0.2) is 0 Å². The summed E-state index contributed by atoms with van der Waals surface area (Å²) in [7, 11) is 0. The molecule has 0 radical (unpaired) electrons. The normalized spacial score (nSPS) is 11.4. The minimum atomic E-state index is 0.0287. The number of hydrogen-bond donors (Lipinski definition) is 1. The summed E-state index contributed by atoms with van der Waals surface area (Å²) in [5.41, 5.74) is 2.38. The summed E-state index contributed by atoms with van der Waals surface area (Å²) < 4.78 is 5.56. The highest BCUT2D eigenvalue weighted by molar-refractivity contribution is 7.13. The molecule has 29 heavy (non-hydrogen) atoms. The Morgan fingerprint density at radius 1 is 0.931 bits per heavy atom. The van der Waals surface area contributed by atoms with Crippen LogP contribution in [0.2, 0.25) is 0 Å². The first-order chi connectivity index (χ1) is 14.3. The van der Waals surface area contributed by atoms with Crippen molar-refractivity contribution in [1.82, 2.24) is 15.0 Å². The lowest BCUT2D eigenvalue weighted by Crippen LogP contribution is -2.31. The Labute approximate surface area is 174 Å². The van der Waals surface area contributed by atoms with E-state index < -0.39 is 0 Å². The predicted octanol–water partition coefficient (Wildman–Crippen LogP) is 4.77. The van der Waals surface area contributed by atoms with Gasteiger partial charge in [0.2, 0.25) is 11.7 Å². The van der Waals surface area contributed by atoms with Crippen molar-refractivity contribution in [3.05, 3.63) is 95.2 Å². The maximum Gasteiger partial charge on any atom is 0.241 e. The molecule has 0 aliphatic carbocycles. The minimum Gasteiger partial charge on any atom is -0.396 e.